The van der Waals surface area contributed by atoms with Gasteiger partial charge in [0.05, 0.1) is 4.88 Å². The zero-order valence-corrected chi connectivity index (χ0v) is 15.9. The Balaban J connectivity index is 1.42. The maximum atomic E-state index is 12.8. The van der Waals surface area contributed by atoms with Gasteiger partial charge < -0.3 is 4.90 Å². The van der Waals surface area contributed by atoms with Crippen LogP contribution >= 0.6 is 11.3 Å². The minimum absolute atomic E-state index is 0.180. The van der Waals surface area contributed by atoms with Gasteiger partial charge in [-0.15, -0.1) is 11.3 Å². The van der Waals surface area contributed by atoms with Crippen molar-refractivity contribution in [2.24, 2.45) is 0 Å². The summed E-state index contributed by atoms with van der Waals surface area (Å²) in [7, 11) is 1.98. The summed E-state index contributed by atoms with van der Waals surface area (Å²) < 4.78 is 0. The number of likely N-dealkylation sites (tertiary alicyclic amines) is 1. The molecule has 25 heavy (non-hydrogen) atoms. The summed E-state index contributed by atoms with van der Waals surface area (Å²) in [6, 6.07) is 13.8. The Kier molecular flexibility index (Phi) is 4.65. The molecule has 0 unspecified atom stereocenters. The maximum absolute atomic E-state index is 12.8. The molecule has 1 saturated heterocycles. The lowest BCUT2D eigenvalue weighted by Gasteiger charge is -2.40. The predicted molar refractivity (Wildman–Crippen MR) is 103 cm³/mol. The molecule has 0 bridgehead atoms. The third-order valence-electron chi connectivity index (χ3n) is 5.79. The average molecular weight is 355 g/mol. The molecule has 2 aliphatic rings. The molecule has 1 aromatic carbocycles. The van der Waals surface area contributed by atoms with Crippen LogP contribution in [-0.4, -0.2) is 47.9 Å². The first-order valence-electron chi connectivity index (χ1n) is 9.26. The first kappa shape index (κ1) is 16.8. The SMILES string of the molecule is Cc1ccc(C(=O)N(C)[C@H]2CCCN(C3Cc4ccccc4C3)C2)s1. The van der Waals surface area contributed by atoms with Gasteiger partial charge in [0.1, 0.15) is 0 Å². The number of aryl methyl sites for hydroxylation is 1. The maximum Gasteiger partial charge on any atom is 0.263 e. The molecular weight excluding hydrogens is 328 g/mol. The van der Waals surface area contributed by atoms with E-state index in [1.807, 2.05) is 24.1 Å². The number of benzene rings is 1. The molecule has 1 aliphatic heterocycles. The summed E-state index contributed by atoms with van der Waals surface area (Å²) in [5.74, 6) is 0.180. The summed E-state index contributed by atoms with van der Waals surface area (Å²) in [4.78, 5) is 19.5. The Hall–Kier alpha value is -1.65. The van der Waals surface area contributed by atoms with Crippen LogP contribution in [0.2, 0.25) is 0 Å². The van der Waals surface area contributed by atoms with E-state index in [0.29, 0.717) is 12.1 Å². The Bertz CT molecular complexity index is 744. The van der Waals surface area contributed by atoms with Crippen LogP contribution in [0.4, 0.5) is 0 Å². The molecule has 2 aromatic rings. The second-order valence-corrected chi connectivity index (χ2v) is 8.74. The standard InChI is InChI=1S/C21H26N2OS/c1-15-9-10-20(25-15)21(24)22(2)18-8-5-11-23(14-18)19-12-16-6-3-4-7-17(16)13-19/h3-4,6-7,9-10,18-19H,5,8,11-14H2,1-2H3/t18-/m0/s1. The van der Waals surface area contributed by atoms with Crippen LogP contribution in [0.3, 0.4) is 0 Å². The Labute approximate surface area is 154 Å². The molecular formula is C21H26N2OS. The smallest absolute Gasteiger partial charge is 0.263 e. The highest BCUT2D eigenvalue weighted by atomic mass is 32.1. The van der Waals surface area contributed by atoms with Gasteiger partial charge in [-0.3, -0.25) is 9.69 Å². The fourth-order valence-electron chi connectivity index (χ4n) is 4.31. The monoisotopic (exact) mass is 354 g/mol. The van der Waals surface area contributed by atoms with Crippen molar-refractivity contribution in [2.45, 2.75) is 44.7 Å². The summed E-state index contributed by atoms with van der Waals surface area (Å²) in [6.45, 7) is 4.22. The zero-order valence-electron chi connectivity index (χ0n) is 15.1. The highest BCUT2D eigenvalue weighted by Crippen LogP contribution is 2.29. The van der Waals surface area contributed by atoms with Crippen LogP contribution < -0.4 is 0 Å². The molecule has 2 heterocycles. The number of hydrogen-bond acceptors (Lipinski definition) is 3. The van der Waals surface area contributed by atoms with Gasteiger partial charge in [0.15, 0.2) is 0 Å². The number of thiophene rings is 1. The van der Waals surface area contributed by atoms with Crippen LogP contribution in [0.25, 0.3) is 0 Å². The van der Waals surface area contributed by atoms with E-state index >= 15 is 0 Å². The minimum Gasteiger partial charge on any atom is -0.337 e. The number of likely N-dealkylation sites (N-methyl/N-ethyl adjacent to an activating group) is 1. The van der Waals surface area contributed by atoms with Crippen LogP contribution in [0.15, 0.2) is 36.4 Å². The molecule has 4 heteroatoms. The molecule has 1 amide bonds. The third-order valence-corrected chi connectivity index (χ3v) is 6.78. The van der Waals surface area contributed by atoms with E-state index in [1.54, 1.807) is 11.3 Å². The lowest BCUT2D eigenvalue weighted by Crippen LogP contribution is -2.51. The van der Waals surface area contributed by atoms with Crippen LogP contribution in [0.1, 0.15) is 38.5 Å². The quantitative estimate of drug-likeness (QED) is 0.838. The van der Waals surface area contributed by atoms with Crippen molar-refractivity contribution in [3.05, 3.63) is 57.3 Å². The first-order chi connectivity index (χ1) is 12.1. The van der Waals surface area contributed by atoms with E-state index in [0.717, 1.165) is 37.2 Å². The zero-order chi connectivity index (χ0) is 17.4. The van der Waals surface area contributed by atoms with Gasteiger partial charge in [-0.1, -0.05) is 24.3 Å². The summed E-state index contributed by atoms with van der Waals surface area (Å²) in [6.07, 6.45) is 4.61. The molecule has 1 atom stereocenters. The second-order valence-electron chi connectivity index (χ2n) is 7.45. The molecule has 0 saturated carbocycles. The number of hydrogen-bond donors (Lipinski definition) is 0. The van der Waals surface area contributed by atoms with Crippen molar-refractivity contribution in [3.63, 3.8) is 0 Å². The highest BCUT2D eigenvalue weighted by Gasteiger charge is 2.33. The molecule has 1 fully saturated rings. The molecule has 4 rings (SSSR count). The van der Waals surface area contributed by atoms with Crippen molar-refractivity contribution in [2.75, 3.05) is 20.1 Å². The van der Waals surface area contributed by atoms with Gasteiger partial charge in [0.25, 0.3) is 5.91 Å². The molecule has 1 aromatic heterocycles. The first-order valence-corrected chi connectivity index (χ1v) is 10.1. The fraction of sp³-hybridized carbons (Fsp3) is 0.476. The van der Waals surface area contributed by atoms with E-state index < -0.39 is 0 Å². The van der Waals surface area contributed by atoms with Gasteiger partial charge in [-0.2, -0.15) is 0 Å². The van der Waals surface area contributed by atoms with Crippen molar-refractivity contribution >= 4 is 17.2 Å². The third kappa shape index (κ3) is 3.38. The van der Waals surface area contributed by atoms with Gasteiger partial charge >= 0.3 is 0 Å². The molecule has 0 N–H and O–H groups in total. The topological polar surface area (TPSA) is 23.6 Å². The lowest BCUT2D eigenvalue weighted by atomic mass is 10.0. The van der Waals surface area contributed by atoms with E-state index in [4.69, 9.17) is 0 Å². The van der Waals surface area contributed by atoms with Crippen molar-refractivity contribution in [1.82, 2.24) is 9.80 Å². The number of piperidine rings is 1. The molecule has 3 nitrogen and oxygen atoms in total. The predicted octanol–water partition coefficient (Wildman–Crippen LogP) is 3.76. The second kappa shape index (κ2) is 6.93. The Morgan fingerprint density at radius 3 is 2.52 bits per heavy atom. The molecule has 132 valence electrons. The number of carbonyl (C=O) groups is 1. The summed E-state index contributed by atoms with van der Waals surface area (Å²) in [5, 5.41) is 0. The van der Waals surface area contributed by atoms with E-state index in [-0.39, 0.29) is 5.91 Å². The van der Waals surface area contributed by atoms with Gasteiger partial charge in [-0.25, -0.2) is 0 Å². The van der Waals surface area contributed by atoms with Crippen molar-refractivity contribution < 1.29 is 4.79 Å². The van der Waals surface area contributed by atoms with Gasteiger partial charge in [0.2, 0.25) is 0 Å². The lowest BCUT2D eigenvalue weighted by molar-refractivity contribution is 0.0559. The average Bonchev–Trinajstić information content (AvgIpc) is 3.26. The van der Waals surface area contributed by atoms with E-state index in [1.165, 1.54) is 22.4 Å². The Morgan fingerprint density at radius 1 is 1.16 bits per heavy atom. The molecule has 1 aliphatic carbocycles. The number of nitrogens with zero attached hydrogens (tertiary/aromatic N) is 2. The Morgan fingerprint density at radius 2 is 1.88 bits per heavy atom. The van der Waals surface area contributed by atoms with Crippen LogP contribution in [0, 0.1) is 6.92 Å². The number of rotatable bonds is 3. The fourth-order valence-corrected chi connectivity index (χ4v) is 5.16. The van der Waals surface area contributed by atoms with Crippen LogP contribution in [0.5, 0.6) is 0 Å². The number of amides is 1. The van der Waals surface area contributed by atoms with Crippen molar-refractivity contribution in [1.29, 1.82) is 0 Å². The minimum atomic E-state index is 0.180. The van der Waals surface area contributed by atoms with E-state index in [9.17, 15) is 4.79 Å². The van der Waals surface area contributed by atoms with E-state index in [2.05, 4.69) is 36.1 Å². The van der Waals surface area contributed by atoms with Gasteiger partial charge in [-0.05, 0) is 62.4 Å². The molecule has 0 spiro atoms. The molecule has 0 radical (unpaired) electrons. The van der Waals surface area contributed by atoms with Gasteiger partial charge in [0, 0.05) is 30.6 Å². The number of carbonyl (C=O) groups excluding carboxylic acids is 1. The van der Waals surface area contributed by atoms with Crippen LogP contribution in [-0.2, 0) is 12.8 Å². The number of fused-ring (bicyclic) bond motifs is 1. The highest BCUT2D eigenvalue weighted by molar-refractivity contribution is 7.13. The summed E-state index contributed by atoms with van der Waals surface area (Å²) in [5.41, 5.74) is 3.02. The largest absolute Gasteiger partial charge is 0.337 e. The normalized spacial score (nSPS) is 21.3. The summed E-state index contributed by atoms with van der Waals surface area (Å²) >= 11 is 1.60. The van der Waals surface area contributed by atoms with Crippen molar-refractivity contribution in [3.8, 4) is 0 Å².